The molecule has 2 aliphatic rings. The summed E-state index contributed by atoms with van der Waals surface area (Å²) in [6, 6.07) is 0. The van der Waals surface area contributed by atoms with Crippen LogP contribution in [-0.2, 0) is 0 Å². The van der Waals surface area contributed by atoms with E-state index >= 15 is 0 Å². The predicted molar refractivity (Wildman–Crippen MR) is 91.2 cm³/mol. The van der Waals surface area contributed by atoms with Crippen LogP contribution in [0.1, 0.15) is 47.0 Å². The van der Waals surface area contributed by atoms with Crippen molar-refractivity contribution in [2.45, 2.75) is 52.5 Å². The molecule has 4 heteroatoms. The second-order valence-corrected chi connectivity index (χ2v) is 7.00. The van der Waals surface area contributed by atoms with Gasteiger partial charge in [-0.3, -0.25) is 4.99 Å². The zero-order chi connectivity index (χ0) is 15.3. The average molecular weight is 290 g/mol. The van der Waals surface area contributed by atoms with Gasteiger partial charge in [0.15, 0.2) is 0 Å². The normalized spacial score (nSPS) is 22.5. The van der Waals surface area contributed by atoms with Crippen molar-refractivity contribution in [3.8, 4) is 0 Å². The largest absolute Gasteiger partial charge is 0.355 e. The summed E-state index contributed by atoms with van der Waals surface area (Å²) in [5.41, 5.74) is 1.09. The molecule has 0 aromatic carbocycles. The van der Waals surface area contributed by atoms with Crippen molar-refractivity contribution in [2.24, 2.45) is 15.9 Å². The van der Waals surface area contributed by atoms with E-state index in [2.05, 4.69) is 49.0 Å². The lowest BCUT2D eigenvalue weighted by Crippen LogP contribution is -2.43. The molecule has 0 radical (unpaired) electrons. The first-order valence-electron chi connectivity index (χ1n) is 8.27. The quantitative estimate of drug-likeness (QED) is 0.868. The molecule has 1 saturated heterocycles. The van der Waals surface area contributed by atoms with Crippen molar-refractivity contribution in [2.75, 3.05) is 26.2 Å². The molecule has 2 rings (SSSR count). The summed E-state index contributed by atoms with van der Waals surface area (Å²) in [4.78, 5) is 12.0. The van der Waals surface area contributed by atoms with Gasteiger partial charge < -0.3 is 10.2 Å². The van der Waals surface area contributed by atoms with E-state index in [9.17, 15) is 0 Å². The lowest BCUT2D eigenvalue weighted by atomic mass is 9.97. The van der Waals surface area contributed by atoms with Crippen molar-refractivity contribution in [3.05, 3.63) is 12.3 Å². The van der Waals surface area contributed by atoms with Gasteiger partial charge in [0.2, 0.25) is 0 Å². The highest BCUT2D eigenvalue weighted by Crippen LogP contribution is 2.17. The summed E-state index contributed by atoms with van der Waals surface area (Å²) in [5, 5.41) is 3.44. The second kappa shape index (κ2) is 7.21. The van der Waals surface area contributed by atoms with Crippen molar-refractivity contribution >= 4 is 11.5 Å². The fraction of sp³-hybridized carbons (Fsp3) is 0.765. The number of allylic oxidation sites excluding steroid dienone is 1. The molecule has 0 atom stereocenters. The Bertz CT molecular complexity index is 423. The number of piperidine rings is 1. The summed E-state index contributed by atoms with van der Waals surface area (Å²) in [5.74, 6) is 1.86. The number of nitrogens with one attached hydrogen (secondary N) is 1. The average Bonchev–Trinajstić information content (AvgIpc) is 2.45. The maximum atomic E-state index is 4.89. The smallest absolute Gasteiger partial charge is 0.150 e. The van der Waals surface area contributed by atoms with E-state index in [-0.39, 0.29) is 5.54 Å². The molecule has 0 unspecified atom stereocenters. The van der Waals surface area contributed by atoms with Crippen molar-refractivity contribution in [1.82, 2.24) is 10.2 Å². The summed E-state index contributed by atoms with van der Waals surface area (Å²) < 4.78 is 0. The zero-order valence-electron chi connectivity index (χ0n) is 14.0. The molecule has 0 aromatic rings. The monoisotopic (exact) mass is 290 g/mol. The van der Waals surface area contributed by atoms with E-state index in [4.69, 9.17) is 4.99 Å². The number of hydrogen-bond acceptors (Lipinski definition) is 4. The maximum absolute atomic E-state index is 4.89. The van der Waals surface area contributed by atoms with Gasteiger partial charge in [-0.05, 0) is 59.5 Å². The number of rotatable bonds is 3. The Labute approximate surface area is 129 Å². The van der Waals surface area contributed by atoms with Crippen LogP contribution >= 0.6 is 0 Å². The molecular formula is C17H30N4. The van der Waals surface area contributed by atoms with Crippen LogP contribution in [-0.4, -0.2) is 48.2 Å². The van der Waals surface area contributed by atoms with Gasteiger partial charge in [0.05, 0.1) is 11.3 Å². The maximum Gasteiger partial charge on any atom is 0.150 e. The number of aliphatic imine (C=N–C) groups is 2. The van der Waals surface area contributed by atoms with Crippen LogP contribution in [0.3, 0.4) is 0 Å². The molecular weight excluding hydrogens is 260 g/mol. The summed E-state index contributed by atoms with van der Waals surface area (Å²) in [6.07, 6.45) is 7.48. The summed E-state index contributed by atoms with van der Waals surface area (Å²) >= 11 is 0. The predicted octanol–water partition coefficient (Wildman–Crippen LogP) is 2.86. The Morgan fingerprint density at radius 3 is 2.67 bits per heavy atom. The second-order valence-electron chi connectivity index (χ2n) is 7.00. The van der Waals surface area contributed by atoms with Gasteiger partial charge >= 0.3 is 0 Å². The number of nitrogens with zero attached hydrogens (tertiary/aromatic N) is 3. The molecule has 1 N–H and O–H groups in total. The van der Waals surface area contributed by atoms with E-state index in [1.165, 1.54) is 12.8 Å². The SMILES string of the molecule is CCN(CC1CCNCC1)C1=NC=CCC1=NC(C)(C)C. The van der Waals surface area contributed by atoms with E-state index in [1.54, 1.807) is 0 Å². The highest BCUT2D eigenvalue weighted by atomic mass is 15.2. The molecule has 4 nitrogen and oxygen atoms in total. The third kappa shape index (κ3) is 4.95. The van der Waals surface area contributed by atoms with Crippen LogP contribution in [0.5, 0.6) is 0 Å². The van der Waals surface area contributed by atoms with Crippen LogP contribution in [0.25, 0.3) is 0 Å². The topological polar surface area (TPSA) is 40.0 Å². The standard InChI is InChI=1S/C17H30N4/c1-5-21(13-14-8-11-18-12-9-14)16-15(7-6-10-19-16)20-17(2,3)4/h6,10,14,18H,5,7-9,11-13H2,1-4H3. The Hall–Kier alpha value is -1.16. The van der Waals surface area contributed by atoms with Gasteiger partial charge in [-0.15, -0.1) is 0 Å². The Morgan fingerprint density at radius 1 is 1.33 bits per heavy atom. The van der Waals surface area contributed by atoms with Crippen molar-refractivity contribution in [1.29, 1.82) is 0 Å². The minimum Gasteiger partial charge on any atom is -0.355 e. The third-order valence-electron chi connectivity index (χ3n) is 3.96. The molecule has 1 fully saturated rings. The van der Waals surface area contributed by atoms with E-state index in [1.807, 2.05) is 6.20 Å². The first-order valence-corrected chi connectivity index (χ1v) is 8.27. The van der Waals surface area contributed by atoms with Crippen LogP contribution < -0.4 is 5.32 Å². The molecule has 0 spiro atoms. The van der Waals surface area contributed by atoms with Crippen LogP contribution in [0.2, 0.25) is 0 Å². The molecule has 118 valence electrons. The molecule has 0 amide bonds. The minimum absolute atomic E-state index is 0.0462. The van der Waals surface area contributed by atoms with Crippen LogP contribution in [0.4, 0.5) is 0 Å². The molecule has 21 heavy (non-hydrogen) atoms. The Kier molecular flexibility index (Phi) is 5.57. The van der Waals surface area contributed by atoms with Crippen LogP contribution in [0.15, 0.2) is 22.3 Å². The lowest BCUT2D eigenvalue weighted by molar-refractivity contribution is 0.290. The first kappa shape index (κ1) is 16.2. The molecule has 0 bridgehead atoms. The first-order chi connectivity index (χ1) is 9.99. The lowest BCUT2D eigenvalue weighted by Gasteiger charge is -2.33. The van der Waals surface area contributed by atoms with Gasteiger partial charge in [0, 0.05) is 25.7 Å². The molecule has 2 heterocycles. The molecule has 0 aromatic heterocycles. The number of hydrogen-bond donors (Lipinski definition) is 1. The van der Waals surface area contributed by atoms with Gasteiger partial charge in [-0.1, -0.05) is 6.08 Å². The number of amidine groups is 1. The third-order valence-corrected chi connectivity index (χ3v) is 3.96. The van der Waals surface area contributed by atoms with Gasteiger partial charge in [0.1, 0.15) is 5.84 Å². The van der Waals surface area contributed by atoms with Crippen LogP contribution in [0, 0.1) is 5.92 Å². The van der Waals surface area contributed by atoms with E-state index < -0.39 is 0 Å². The summed E-state index contributed by atoms with van der Waals surface area (Å²) in [6.45, 7) is 13.1. The minimum atomic E-state index is -0.0462. The highest BCUT2D eigenvalue weighted by molar-refractivity contribution is 6.42. The van der Waals surface area contributed by atoms with Gasteiger partial charge in [0.25, 0.3) is 0 Å². The highest BCUT2D eigenvalue weighted by Gasteiger charge is 2.23. The molecule has 0 aliphatic carbocycles. The zero-order valence-corrected chi connectivity index (χ0v) is 14.0. The molecule has 2 aliphatic heterocycles. The Balaban J connectivity index is 2.12. The Morgan fingerprint density at radius 2 is 2.05 bits per heavy atom. The van der Waals surface area contributed by atoms with E-state index in [0.717, 1.165) is 50.1 Å². The summed E-state index contributed by atoms with van der Waals surface area (Å²) in [7, 11) is 0. The van der Waals surface area contributed by atoms with E-state index in [0.29, 0.717) is 0 Å². The van der Waals surface area contributed by atoms with Crippen molar-refractivity contribution < 1.29 is 0 Å². The van der Waals surface area contributed by atoms with Gasteiger partial charge in [-0.25, -0.2) is 4.99 Å². The fourth-order valence-electron chi connectivity index (χ4n) is 2.96. The molecule has 0 saturated carbocycles. The fourth-order valence-corrected chi connectivity index (χ4v) is 2.96. The van der Waals surface area contributed by atoms with Crippen molar-refractivity contribution in [3.63, 3.8) is 0 Å². The van der Waals surface area contributed by atoms with Gasteiger partial charge in [-0.2, -0.15) is 0 Å².